The molecule has 4 aliphatic carbocycles. The second kappa shape index (κ2) is 7.32. The fraction of sp³-hybridized carbons (Fsp3) is 1.00. The van der Waals surface area contributed by atoms with E-state index in [0.717, 1.165) is 53.3 Å². The lowest BCUT2D eigenvalue weighted by Crippen LogP contribution is -2.16. The van der Waals surface area contributed by atoms with E-state index >= 15 is 0 Å². The van der Waals surface area contributed by atoms with Crippen LogP contribution in [0.2, 0.25) is 0 Å². The second-order valence-electron chi connectivity index (χ2n) is 10.7. The third-order valence-electron chi connectivity index (χ3n) is 8.97. The van der Waals surface area contributed by atoms with Gasteiger partial charge in [-0.15, -0.1) is 0 Å². The molecule has 4 aliphatic rings. The molecule has 138 valence electrons. The van der Waals surface area contributed by atoms with Gasteiger partial charge < -0.3 is 0 Å². The number of hydrogen-bond donors (Lipinski definition) is 0. The number of hydrogen-bond acceptors (Lipinski definition) is 0. The summed E-state index contributed by atoms with van der Waals surface area (Å²) in [6, 6.07) is 0. The molecule has 0 bridgehead atoms. The van der Waals surface area contributed by atoms with Gasteiger partial charge in [-0.1, -0.05) is 72.1 Å². The standard InChI is InChI=1S/C24H42/c1-16-7-4-5-8-20-15-21(20)13-17(2)18(3)14-23-22(12-11-16)24(23)19-9-6-10-19/h16-24H,4-15H2,1-3H3. The van der Waals surface area contributed by atoms with Crippen molar-refractivity contribution in [1.82, 2.24) is 0 Å². The zero-order valence-electron chi connectivity index (χ0n) is 16.7. The van der Waals surface area contributed by atoms with Crippen LogP contribution >= 0.6 is 0 Å². The highest BCUT2D eigenvalue weighted by molar-refractivity contribution is 5.03. The summed E-state index contributed by atoms with van der Waals surface area (Å²) in [5, 5.41) is 0. The van der Waals surface area contributed by atoms with Crippen molar-refractivity contribution in [2.75, 3.05) is 0 Å². The third-order valence-corrected chi connectivity index (χ3v) is 8.97. The van der Waals surface area contributed by atoms with E-state index in [2.05, 4.69) is 20.8 Å². The summed E-state index contributed by atoms with van der Waals surface area (Å²) in [5.74, 6) is 9.74. The Morgan fingerprint density at radius 1 is 0.500 bits per heavy atom. The van der Waals surface area contributed by atoms with Crippen molar-refractivity contribution in [2.24, 2.45) is 53.3 Å². The summed E-state index contributed by atoms with van der Waals surface area (Å²) in [4.78, 5) is 0. The minimum atomic E-state index is 0.978. The van der Waals surface area contributed by atoms with Crippen LogP contribution in [0.15, 0.2) is 0 Å². The predicted octanol–water partition coefficient (Wildman–Crippen LogP) is 7.33. The van der Waals surface area contributed by atoms with Gasteiger partial charge in [0.15, 0.2) is 0 Å². The predicted molar refractivity (Wildman–Crippen MR) is 104 cm³/mol. The normalized spacial score (nSPS) is 50.6. The molecule has 8 atom stereocenters. The monoisotopic (exact) mass is 330 g/mol. The SMILES string of the molecule is CC1CCCCC2CC2CC(C)C(C)CC2C(CC1)C2C1CCC1. The molecule has 0 N–H and O–H groups in total. The summed E-state index contributed by atoms with van der Waals surface area (Å²) in [7, 11) is 0. The van der Waals surface area contributed by atoms with E-state index in [0.29, 0.717) is 0 Å². The highest BCUT2D eigenvalue weighted by Crippen LogP contribution is 2.61. The average Bonchev–Trinajstić information content (AvgIpc) is 3.38. The molecule has 0 saturated heterocycles. The van der Waals surface area contributed by atoms with Crippen LogP contribution in [0.25, 0.3) is 0 Å². The van der Waals surface area contributed by atoms with Crippen LogP contribution in [0.3, 0.4) is 0 Å². The molecule has 4 rings (SSSR count). The van der Waals surface area contributed by atoms with Crippen LogP contribution in [-0.2, 0) is 0 Å². The van der Waals surface area contributed by atoms with Crippen molar-refractivity contribution in [3.8, 4) is 0 Å². The number of fused-ring (bicyclic) bond motifs is 2. The molecule has 4 saturated carbocycles. The fourth-order valence-electron chi connectivity index (χ4n) is 6.58. The Morgan fingerprint density at radius 3 is 1.96 bits per heavy atom. The first-order valence-electron chi connectivity index (χ1n) is 11.6. The Labute approximate surface area is 151 Å². The highest BCUT2D eigenvalue weighted by Gasteiger charge is 2.54. The average molecular weight is 331 g/mol. The lowest BCUT2D eigenvalue weighted by atomic mass is 9.79. The van der Waals surface area contributed by atoms with E-state index in [1.165, 1.54) is 32.1 Å². The Morgan fingerprint density at radius 2 is 1.21 bits per heavy atom. The zero-order valence-corrected chi connectivity index (χ0v) is 16.7. The quantitative estimate of drug-likeness (QED) is 0.472. The molecule has 0 heteroatoms. The van der Waals surface area contributed by atoms with Crippen LogP contribution in [-0.4, -0.2) is 0 Å². The van der Waals surface area contributed by atoms with Crippen LogP contribution in [0.4, 0.5) is 0 Å². The van der Waals surface area contributed by atoms with Crippen molar-refractivity contribution in [1.29, 1.82) is 0 Å². The van der Waals surface area contributed by atoms with Crippen LogP contribution in [0.1, 0.15) is 97.8 Å². The minimum Gasteiger partial charge on any atom is -0.0625 e. The van der Waals surface area contributed by atoms with Crippen molar-refractivity contribution < 1.29 is 0 Å². The van der Waals surface area contributed by atoms with Gasteiger partial charge in [0.1, 0.15) is 0 Å². The molecular weight excluding hydrogens is 288 g/mol. The molecule has 4 fully saturated rings. The molecule has 0 aliphatic heterocycles. The molecular formula is C24H42. The third kappa shape index (κ3) is 3.88. The topological polar surface area (TPSA) is 0 Å². The van der Waals surface area contributed by atoms with Crippen molar-refractivity contribution >= 4 is 0 Å². The molecule has 0 aromatic rings. The first-order valence-corrected chi connectivity index (χ1v) is 11.6. The second-order valence-corrected chi connectivity index (χ2v) is 10.7. The summed E-state index contributed by atoms with van der Waals surface area (Å²) in [6.07, 6.45) is 18.6. The molecule has 0 amide bonds. The summed E-state index contributed by atoms with van der Waals surface area (Å²) >= 11 is 0. The Balaban J connectivity index is 1.37. The molecule has 24 heavy (non-hydrogen) atoms. The van der Waals surface area contributed by atoms with Crippen molar-refractivity contribution in [2.45, 2.75) is 97.8 Å². The zero-order chi connectivity index (χ0) is 16.7. The van der Waals surface area contributed by atoms with Gasteiger partial charge in [-0.2, -0.15) is 0 Å². The van der Waals surface area contributed by atoms with Crippen LogP contribution in [0, 0.1) is 53.3 Å². The molecule has 0 spiro atoms. The maximum absolute atomic E-state index is 2.59. The largest absolute Gasteiger partial charge is 0.0625 e. The van der Waals surface area contributed by atoms with Crippen molar-refractivity contribution in [3.05, 3.63) is 0 Å². The van der Waals surface area contributed by atoms with Gasteiger partial charge in [0.05, 0.1) is 0 Å². The summed E-state index contributed by atoms with van der Waals surface area (Å²) in [5.41, 5.74) is 0. The van der Waals surface area contributed by atoms with Gasteiger partial charge in [0, 0.05) is 0 Å². The van der Waals surface area contributed by atoms with Crippen molar-refractivity contribution in [3.63, 3.8) is 0 Å². The first kappa shape index (κ1) is 17.4. The lowest BCUT2D eigenvalue weighted by molar-refractivity contribution is 0.241. The summed E-state index contributed by atoms with van der Waals surface area (Å²) in [6.45, 7) is 7.71. The Kier molecular flexibility index (Phi) is 5.31. The highest BCUT2D eigenvalue weighted by atomic mass is 14.6. The molecule has 0 aromatic heterocycles. The molecule has 8 unspecified atom stereocenters. The number of rotatable bonds is 1. The smallest absolute Gasteiger partial charge is 0.0323 e. The van der Waals surface area contributed by atoms with E-state index in [1.54, 1.807) is 44.9 Å². The van der Waals surface area contributed by atoms with Gasteiger partial charge >= 0.3 is 0 Å². The van der Waals surface area contributed by atoms with Crippen LogP contribution in [0.5, 0.6) is 0 Å². The van der Waals surface area contributed by atoms with Gasteiger partial charge in [-0.3, -0.25) is 0 Å². The minimum absolute atomic E-state index is 0.978. The van der Waals surface area contributed by atoms with E-state index < -0.39 is 0 Å². The van der Waals surface area contributed by atoms with Gasteiger partial charge in [0.2, 0.25) is 0 Å². The van der Waals surface area contributed by atoms with Crippen LogP contribution < -0.4 is 0 Å². The lowest BCUT2D eigenvalue weighted by Gasteiger charge is -2.27. The van der Waals surface area contributed by atoms with Gasteiger partial charge in [0.25, 0.3) is 0 Å². The fourth-order valence-corrected chi connectivity index (χ4v) is 6.58. The molecule has 0 aromatic carbocycles. The van der Waals surface area contributed by atoms with E-state index in [4.69, 9.17) is 0 Å². The van der Waals surface area contributed by atoms with Gasteiger partial charge in [-0.25, -0.2) is 0 Å². The molecule has 0 nitrogen and oxygen atoms in total. The Hall–Kier alpha value is 0. The maximum Gasteiger partial charge on any atom is -0.0323 e. The molecule has 0 heterocycles. The first-order chi connectivity index (χ1) is 11.6. The maximum atomic E-state index is 2.59. The van der Waals surface area contributed by atoms with E-state index in [1.807, 2.05) is 0 Å². The summed E-state index contributed by atoms with van der Waals surface area (Å²) < 4.78 is 0. The van der Waals surface area contributed by atoms with Gasteiger partial charge in [-0.05, 0) is 78.9 Å². The van der Waals surface area contributed by atoms with E-state index in [-0.39, 0.29) is 0 Å². The molecule has 0 radical (unpaired) electrons. The van der Waals surface area contributed by atoms with E-state index in [9.17, 15) is 0 Å². The Bertz CT molecular complexity index is 408.